The molecule has 41 heavy (non-hydrogen) atoms. The van der Waals surface area contributed by atoms with Gasteiger partial charge in [-0.2, -0.15) is 0 Å². The minimum absolute atomic E-state index is 0.158. The summed E-state index contributed by atoms with van der Waals surface area (Å²) in [4.78, 5) is 24.1. The summed E-state index contributed by atoms with van der Waals surface area (Å²) >= 11 is 0. The Balaban J connectivity index is 1.37. The minimum Gasteiger partial charge on any atom is -0.383 e. The van der Waals surface area contributed by atoms with Gasteiger partial charge in [-0.25, -0.2) is 9.18 Å². The van der Waals surface area contributed by atoms with E-state index < -0.39 is 11.8 Å². The molecule has 0 saturated carbocycles. The number of carbonyl (C=O) groups excluding carboxylic acids is 1. The van der Waals surface area contributed by atoms with E-state index >= 15 is 0 Å². The summed E-state index contributed by atoms with van der Waals surface area (Å²) in [6.07, 6.45) is 4.47. The number of ether oxygens (including phenoxy) is 2. The van der Waals surface area contributed by atoms with Crippen molar-refractivity contribution in [2.24, 2.45) is 0 Å². The van der Waals surface area contributed by atoms with E-state index in [1.54, 1.807) is 26.4 Å². The number of amides is 2. The van der Waals surface area contributed by atoms with Crippen molar-refractivity contribution < 1.29 is 18.7 Å². The molecule has 0 bridgehead atoms. The van der Waals surface area contributed by atoms with Crippen molar-refractivity contribution >= 4 is 17.4 Å². The molecule has 4 heterocycles. The summed E-state index contributed by atoms with van der Waals surface area (Å²) in [5.74, 6) is -0.205. The molecule has 0 radical (unpaired) electrons. The van der Waals surface area contributed by atoms with Crippen molar-refractivity contribution in [1.29, 1.82) is 5.41 Å². The van der Waals surface area contributed by atoms with E-state index in [2.05, 4.69) is 30.8 Å². The lowest BCUT2D eigenvalue weighted by Crippen LogP contribution is -2.46. The third-order valence-corrected chi connectivity index (χ3v) is 7.35. The number of rotatable bonds is 10. The summed E-state index contributed by atoms with van der Waals surface area (Å²) < 4.78 is 24.7. The number of nitrogens with one attached hydrogen (secondary N) is 4. The molecular weight excluding hydrogens is 525 g/mol. The molecule has 2 amide bonds. The summed E-state index contributed by atoms with van der Waals surface area (Å²) in [6, 6.07) is 12.1. The van der Waals surface area contributed by atoms with E-state index in [-0.39, 0.29) is 17.7 Å². The Morgan fingerprint density at radius 2 is 2.00 bits per heavy atom. The van der Waals surface area contributed by atoms with Crippen LogP contribution in [0.3, 0.4) is 0 Å². The summed E-state index contributed by atoms with van der Waals surface area (Å²) in [7, 11) is 1.65. The number of carbonyl (C=O) groups is 1. The molecule has 214 valence electrons. The summed E-state index contributed by atoms with van der Waals surface area (Å²) in [5.41, 5.74) is 4.70. The molecule has 0 aliphatic carbocycles. The second kappa shape index (κ2) is 13.0. The molecular formula is C30H34FN7O3. The fraction of sp³-hybridized carbons (Fsp3) is 0.333. The second-order valence-electron chi connectivity index (χ2n) is 10.2. The third kappa shape index (κ3) is 6.94. The maximum Gasteiger partial charge on any atom is 0.320 e. The molecule has 2 aliphatic heterocycles. The average molecular weight is 560 g/mol. The minimum atomic E-state index is -0.441. The Kier molecular flexibility index (Phi) is 8.98. The van der Waals surface area contributed by atoms with Crippen molar-refractivity contribution in [3.05, 3.63) is 101 Å². The first-order valence-electron chi connectivity index (χ1n) is 13.5. The number of anilines is 1. The number of allylic oxidation sites excluding steroid dienone is 1. The fourth-order valence-electron chi connectivity index (χ4n) is 5.14. The second-order valence-corrected chi connectivity index (χ2v) is 10.2. The van der Waals surface area contributed by atoms with Gasteiger partial charge in [0.1, 0.15) is 11.6 Å². The number of hydrogen-bond donors (Lipinski definition) is 4. The molecule has 10 nitrogen and oxygen atoms in total. The molecule has 1 fully saturated rings. The molecule has 2 aliphatic rings. The standard InChI is InChI=1S/C30H34FN7O3/c1-19(28(32)21-10-22-17-41-18-27(22)34-13-21)29(35-24-6-4-3-5-7-24)37-30(39)36-26-16-38(8-9-40-2)15-25(26)20-11-23(31)14-33-12-20/h3-7,10-14,25-26,32,35H,8-9,15-18H2,1-2H3,(H2,36,37,39)/b29-19+,32-28?/t25-,26+/m0/s1. The zero-order valence-corrected chi connectivity index (χ0v) is 23.1. The predicted molar refractivity (Wildman–Crippen MR) is 153 cm³/mol. The predicted octanol–water partition coefficient (Wildman–Crippen LogP) is 3.77. The first kappa shape index (κ1) is 28.3. The van der Waals surface area contributed by atoms with Crippen molar-refractivity contribution in [2.75, 3.05) is 38.7 Å². The lowest BCUT2D eigenvalue weighted by Gasteiger charge is -2.22. The number of methoxy groups -OCH3 is 1. The smallest absolute Gasteiger partial charge is 0.320 e. The highest BCUT2D eigenvalue weighted by molar-refractivity contribution is 6.11. The number of halogens is 1. The van der Waals surface area contributed by atoms with E-state index in [0.29, 0.717) is 56.4 Å². The lowest BCUT2D eigenvalue weighted by atomic mass is 9.96. The normalized spacial score (nSPS) is 18.9. The molecule has 0 spiro atoms. The number of hydrogen-bond acceptors (Lipinski definition) is 8. The number of fused-ring (bicyclic) bond motifs is 1. The Labute approximate surface area is 238 Å². The van der Waals surface area contributed by atoms with Crippen molar-refractivity contribution in [3.63, 3.8) is 0 Å². The zero-order valence-electron chi connectivity index (χ0n) is 23.1. The van der Waals surface area contributed by atoms with Crippen LogP contribution in [0.5, 0.6) is 0 Å². The number of nitrogens with zero attached hydrogens (tertiary/aromatic N) is 3. The largest absolute Gasteiger partial charge is 0.383 e. The van der Waals surface area contributed by atoms with E-state index in [1.807, 2.05) is 36.4 Å². The molecule has 11 heteroatoms. The van der Waals surface area contributed by atoms with Crippen LogP contribution in [0.4, 0.5) is 14.9 Å². The molecule has 0 unspecified atom stereocenters. The molecule has 1 aromatic carbocycles. The summed E-state index contributed by atoms with van der Waals surface area (Å²) in [6.45, 7) is 5.15. The van der Waals surface area contributed by atoms with Gasteiger partial charge in [-0.15, -0.1) is 0 Å². The zero-order chi connectivity index (χ0) is 28.8. The van der Waals surface area contributed by atoms with Crippen molar-refractivity contribution in [2.45, 2.75) is 32.1 Å². The molecule has 5 rings (SSSR count). The third-order valence-electron chi connectivity index (χ3n) is 7.35. The molecule has 4 N–H and O–H groups in total. The van der Waals surface area contributed by atoms with Gasteiger partial charge < -0.3 is 20.1 Å². The van der Waals surface area contributed by atoms with Gasteiger partial charge in [-0.05, 0) is 36.8 Å². The van der Waals surface area contributed by atoms with Crippen LogP contribution in [0.25, 0.3) is 0 Å². The highest BCUT2D eigenvalue weighted by atomic mass is 19.1. The van der Waals surface area contributed by atoms with Crippen LogP contribution in [0.2, 0.25) is 0 Å². The van der Waals surface area contributed by atoms with Crippen molar-refractivity contribution in [3.8, 4) is 0 Å². The average Bonchev–Trinajstić information content (AvgIpc) is 3.62. The van der Waals surface area contributed by atoms with Crippen LogP contribution < -0.4 is 16.0 Å². The van der Waals surface area contributed by atoms with Crippen molar-refractivity contribution in [1.82, 2.24) is 25.5 Å². The number of pyridine rings is 2. The number of aromatic nitrogens is 2. The van der Waals surface area contributed by atoms with Crippen LogP contribution in [-0.2, 0) is 22.7 Å². The monoisotopic (exact) mass is 559 g/mol. The number of urea groups is 1. The van der Waals surface area contributed by atoms with E-state index in [1.165, 1.54) is 12.3 Å². The van der Waals surface area contributed by atoms with Gasteiger partial charge in [0.05, 0.1) is 43.5 Å². The van der Waals surface area contributed by atoms with E-state index in [4.69, 9.17) is 14.9 Å². The first-order chi connectivity index (χ1) is 19.9. The Bertz CT molecular complexity index is 1430. The topological polar surface area (TPSA) is 124 Å². The molecule has 1 saturated heterocycles. The highest BCUT2D eigenvalue weighted by Gasteiger charge is 2.35. The van der Waals surface area contributed by atoms with Gasteiger partial charge in [-0.3, -0.25) is 25.6 Å². The van der Waals surface area contributed by atoms with Gasteiger partial charge >= 0.3 is 6.03 Å². The van der Waals surface area contributed by atoms with Gasteiger partial charge in [0.15, 0.2) is 0 Å². The van der Waals surface area contributed by atoms with E-state index in [9.17, 15) is 9.18 Å². The fourth-order valence-corrected chi connectivity index (χ4v) is 5.14. The maximum absolute atomic E-state index is 14.0. The Morgan fingerprint density at radius 3 is 2.78 bits per heavy atom. The van der Waals surface area contributed by atoms with Crippen LogP contribution in [0.1, 0.15) is 35.2 Å². The quantitative estimate of drug-likeness (QED) is 0.279. The molecule has 3 aromatic rings. The number of benzene rings is 1. The van der Waals surface area contributed by atoms with Gasteiger partial charge in [0, 0.05) is 67.4 Å². The van der Waals surface area contributed by atoms with Gasteiger partial charge in [0.2, 0.25) is 0 Å². The Morgan fingerprint density at radius 1 is 1.17 bits per heavy atom. The molecule has 2 aromatic heterocycles. The van der Waals surface area contributed by atoms with Crippen LogP contribution in [-0.4, -0.2) is 66.0 Å². The summed E-state index contributed by atoms with van der Waals surface area (Å²) in [5, 5.41) is 18.2. The maximum atomic E-state index is 14.0. The van der Waals surface area contributed by atoms with Crippen LogP contribution >= 0.6 is 0 Å². The first-order valence-corrected chi connectivity index (χ1v) is 13.5. The lowest BCUT2D eigenvalue weighted by molar-refractivity contribution is 0.133. The van der Waals surface area contributed by atoms with Crippen LogP contribution in [0.15, 0.2) is 72.4 Å². The molecule has 2 atom stereocenters. The highest BCUT2D eigenvalue weighted by Crippen LogP contribution is 2.28. The number of para-hydroxylation sites is 1. The Hall–Kier alpha value is -4.19. The number of likely N-dealkylation sites (tertiary alicyclic amines) is 1. The van der Waals surface area contributed by atoms with Gasteiger partial charge in [-0.1, -0.05) is 18.2 Å². The van der Waals surface area contributed by atoms with Crippen LogP contribution in [0, 0.1) is 11.2 Å². The van der Waals surface area contributed by atoms with E-state index in [0.717, 1.165) is 22.5 Å². The SMILES string of the molecule is COCCN1C[C@@H](NC(=O)N/C(Nc2ccccc2)=C(\C)C(=N)c2cnc3c(c2)COC3)[C@H](c2cncc(F)c2)C1. The van der Waals surface area contributed by atoms with Gasteiger partial charge in [0.25, 0.3) is 0 Å².